The first-order valence-corrected chi connectivity index (χ1v) is 5.87. The van der Waals surface area contributed by atoms with Crippen molar-refractivity contribution in [3.05, 3.63) is 65.5 Å². The van der Waals surface area contributed by atoms with Crippen molar-refractivity contribution < 1.29 is 9.13 Å². The van der Waals surface area contributed by atoms with Gasteiger partial charge in [-0.15, -0.1) is 0 Å². The van der Waals surface area contributed by atoms with Gasteiger partial charge in [-0.2, -0.15) is 0 Å². The molecule has 0 aliphatic heterocycles. The van der Waals surface area contributed by atoms with Crippen molar-refractivity contribution in [2.45, 2.75) is 13.0 Å². The molecule has 0 spiro atoms. The molecule has 2 aromatic carbocycles. The van der Waals surface area contributed by atoms with Crippen LogP contribution < -0.4 is 10.5 Å². The van der Waals surface area contributed by atoms with Gasteiger partial charge in [0, 0.05) is 5.56 Å². The second-order valence-corrected chi connectivity index (χ2v) is 4.20. The minimum atomic E-state index is -0.467. The monoisotopic (exact) mass is 245 g/mol. The Morgan fingerprint density at radius 2 is 1.78 bits per heavy atom. The predicted octanol–water partition coefficient (Wildman–Crippen LogP) is 3.21. The molecular weight excluding hydrogens is 229 g/mol. The van der Waals surface area contributed by atoms with Crippen LogP contribution in [0.5, 0.6) is 5.75 Å². The first kappa shape index (κ1) is 12.6. The van der Waals surface area contributed by atoms with E-state index in [-0.39, 0.29) is 12.4 Å². The maximum absolute atomic E-state index is 13.5. The quantitative estimate of drug-likeness (QED) is 0.897. The third kappa shape index (κ3) is 2.87. The minimum absolute atomic E-state index is 0.256. The number of benzene rings is 2. The second-order valence-electron chi connectivity index (χ2n) is 4.20. The van der Waals surface area contributed by atoms with Gasteiger partial charge < -0.3 is 10.5 Å². The van der Waals surface area contributed by atoms with E-state index in [2.05, 4.69) is 0 Å². The maximum Gasteiger partial charge on any atom is 0.128 e. The van der Waals surface area contributed by atoms with Crippen LogP contribution in [0.3, 0.4) is 0 Å². The summed E-state index contributed by atoms with van der Waals surface area (Å²) >= 11 is 0. The van der Waals surface area contributed by atoms with Crippen molar-refractivity contribution in [1.82, 2.24) is 0 Å². The van der Waals surface area contributed by atoms with Crippen molar-refractivity contribution in [3.63, 3.8) is 0 Å². The smallest absolute Gasteiger partial charge is 0.128 e. The molecule has 0 saturated carbocycles. The molecule has 1 atom stereocenters. The maximum atomic E-state index is 13.5. The molecule has 3 heteroatoms. The van der Waals surface area contributed by atoms with Crippen LogP contribution in [0.1, 0.15) is 17.2 Å². The lowest BCUT2D eigenvalue weighted by atomic mass is 10.1. The summed E-state index contributed by atoms with van der Waals surface area (Å²) in [5, 5.41) is 0. The Hall–Kier alpha value is -1.87. The van der Waals surface area contributed by atoms with E-state index in [4.69, 9.17) is 10.5 Å². The molecule has 18 heavy (non-hydrogen) atoms. The average Bonchev–Trinajstić information content (AvgIpc) is 2.38. The Morgan fingerprint density at radius 3 is 2.50 bits per heavy atom. The summed E-state index contributed by atoms with van der Waals surface area (Å²) in [5.41, 5.74) is 7.45. The van der Waals surface area contributed by atoms with Crippen molar-refractivity contribution in [2.75, 3.05) is 6.61 Å². The van der Waals surface area contributed by atoms with Crippen LogP contribution >= 0.6 is 0 Å². The number of rotatable bonds is 4. The molecule has 0 amide bonds. The summed E-state index contributed by atoms with van der Waals surface area (Å²) in [4.78, 5) is 0. The largest absolute Gasteiger partial charge is 0.491 e. The van der Waals surface area contributed by atoms with E-state index in [0.717, 1.165) is 11.3 Å². The van der Waals surface area contributed by atoms with Crippen LogP contribution in [0.4, 0.5) is 4.39 Å². The van der Waals surface area contributed by atoms with Gasteiger partial charge in [-0.1, -0.05) is 36.4 Å². The molecule has 0 aliphatic rings. The van der Waals surface area contributed by atoms with Gasteiger partial charge in [0.25, 0.3) is 0 Å². The molecule has 94 valence electrons. The van der Waals surface area contributed by atoms with E-state index >= 15 is 0 Å². The topological polar surface area (TPSA) is 35.2 Å². The van der Waals surface area contributed by atoms with E-state index in [9.17, 15) is 4.39 Å². The summed E-state index contributed by atoms with van der Waals surface area (Å²) in [6, 6.07) is 13.7. The Morgan fingerprint density at radius 1 is 1.11 bits per heavy atom. The fourth-order valence-electron chi connectivity index (χ4n) is 1.76. The Labute approximate surface area is 106 Å². The van der Waals surface area contributed by atoms with E-state index in [1.165, 1.54) is 6.07 Å². The van der Waals surface area contributed by atoms with Gasteiger partial charge in [-0.3, -0.25) is 0 Å². The Balaban J connectivity index is 2.03. The number of ether oxygens (including phenoxy) is 1. The van der Waals surface area contributed by atoms with Crippen molar-refractivity contribution >= 4 is 0 Å². The number of hydrogen-bond acceptors (Lipinski definition) is 2. The van der Waals surface area contributed by atoms with Gasteiger partial charge in [0.05, 0.1) is 6.04 Å². The highest BCUT2D eigenvalue weighted by atomic mass is 19.1. The van der Waals surface area contributed by atoms with Gasteiger partial charge >= 0.3 is 0 Å². The molecule has 0 fully saturated rings. The summed E-state index contributed by atoms with van der Waals surface area (Å²) in [6.07, 6.45) is 0. The van der Waals surface area contributed by atoms with E-state index < -0.39 is 6.04 Å². The van der Waals surface area contributed by atoms with E-state index in [1.807, 2.05) is 31.2 Å². The lowest BCUT2D eigenvalue weighted by Crippen LogP contribution is -2.20. The van der Waals surface area contributed by atoms with Crippen LogP contribution in [0.15, 0.2) is 48.5 Å². The van der Waals surface area contributed by atoms with Gasteiger partial charge in [-0.25, -0.2) is 4.39 Å². The van der Waals surface area contributed by atoms with Gasteiger partial charge in [-0.05, 0) is 24.6 Å². The average molecular weight is 245 g/mol. The number of nitrogens with two attached hydrogens (primary N) is 1. The van der Waals surface area contributed by atoms with Crippen molar-refractivity contribution in [2.24, 2.45) is 5.73 Å². The third-order valence-corrected chi connectivity index (χ3v) is 2.82. The van der Waals surface area contributed by atoms with Gasteiger partial charge in [0.15, 0.2) is 0 Å². The molecule has 0 radical (unpaired) electrons. The molecule has 2 N–H and O–H groups in total. The van der Waals surface area contributed by atoms with Crippen molar-refractivity contribution in [3.8, 4) is 5.75 Å². The number of halogens is 1. The Bertz CT molecular complexity index is 527. The summed E-state index contributed by atoms with van der Waals surface area (Å²) < 4.78 is 19.1. The molecular formula is C15H16FNO. The minimum Gasteiger partial charge on any atom is -0.491 e. The summed E-state index contributed by atoms with van der Waals surface area (Å²) in [6.45, 7) is 2.22. The SMILES string of the molecule is Cc1ccccc1OCC(N)c1ccccc1F. The fraction of sp³-hybridized carbons (Fsp3) is 0.200. The van der Waals surface area contributed by atoms with Crippen LogP contribution in [0.2, 0.25) is 0 Å². The number of aryl methyl sites for hydroxylation is 1. The third-order valence-electron chi connectivity index (χ3n) is 2.82. The van der Waals surface area contributed by atoms with E-state index in [0.29, 0.717) is 5.56 Å². The fourth-order valence-corrected chi connectivity index (χ4v) is 1.76. The summed E-state index contributed by atoms with van der Waals surface area (Å²) in [7, 11) is 0. The van der Waals surface area contributed by atoms with Crippen LogP contribution in [0.25, 0.3) is 0 Å². The molecule has 0 aliphatic carbocycles. The number of hydrogen-bond donors (Lipinski definition) is 1. The molecule has 0 bridgehead atoms. The van der Waals surface area contributed by atoms with Gasteiger partial charge in [0.1, 0.15) is 18.2 Å². The lowest BCUT2D eigenvalue weighted by Gasteiger charge is -2.15. The second kappa shape index (κ2) is 5.65. The van der Waals surface area contributed by atoms with E-state index in [1.54, 1.807) is 18.2 Å². The predicted molar refractivity (Wildman–Crippen MR) is 70.0 cm³/mol. The molecule has 2 nitrogen and oxygen atoms in total. The van der Waals surface area contributed by atoms with Crippen LogP contribution in [-0.2, 0) is 0 Å². The van der Waals surface area contributed by atoms with Crippen LogP contribution in [-0.4, -0.2) is 6.61 Å². The molecule has 2 aromatic rings. The zero-order valence-electron chi connectivity index (χ0n) is 10.3. The van der Waals surface area contributed by atoms with Crippen molar-refractivity contribution in [1.29, 1.82) is 0 Å². The first-order valence-electron chi connectivity index (χ1n) is 5.87. The molecule has 0 aromatic heterocycles. The molecule has 1 unspecified atom stereocenters. The zero-order valence-corrected chi connectivity index (χ0v) is 10.3. The highest BCUT2D eigenvalue weighted by Crippen LogP contribution is 2.19. The molecule has 2 rings (SSSR count). The highest BCUT2D eigenvalue weighted by Gasteiger charge is 2.11. The normalized spacial score (nSPS) is 12.2. The standard InChI is InChI=1S/C15H16FNO/c1-11-6-2-5-9-15(11)18-10-14(17)12-7-3-4-8-13(12)16/h2-9,14H,10,17H2,1H3. The first-order chi connectivity index (χ1) is 8.68. The zero-order chi connectivity index (χ0) is 13.0. The van der Waals surface area contributed by atoms with Crippen LogP contribution in [0, 0.1) is 12.7 Å². The highest BCUT2D eigenvalue weighted by molar-refractivity contribution is 5.32. The Kier molecular flexibility index (Phi) is 3.95. The lowest BCUT2D eigenvalue weighted by molar-refractivity contribution is 0.286. The van der Waals surface area contributed by atoms with Gasteiger partial charge in [0.2, 0.25) is 0 Å². The number of para-hydroxylation sites is 1. The summed E-state index contributed by atoms with van der Waals surface area (Å²) in [5.74, 6) is 0.489. The molecule has 0 heterocycles. The molecule has 0 saturated heterocycles.